The number of carboxylic acid groups (broad SMARTS) is 1. The Hall–Kier alpha value is -2.97. The SMILES string of the molecule is CC(C)C(NC(=O)C(N)CCCCN)C(=O)NC(CCCN=C(N)N)C(=O)NC(CCCCN)C(=O)O. The predicted octanol–water partition coefficient (Wildman–Crippen LogP) is -2.18. The molecule has 0 fully saturated rings. The second-order valence-corrected chi connectivity index (χ2v) is 9.32. The lowest BCUT2D eigenvalue weighted by Gasteiger charge is -2.27. The molecule has 0 spiro atoms. The van der Waals surface area contributed by atoms with Crippen molar-refractivity contribution >= 4 is 29.7 Å². The first-order chi connectivity index (χ1) is 17.4. The highest BCUT2D eigenvalue weighted by molar-refractivity contribution is 5.94. The summed E-state index contributed by atoms with van der Waals surface area (Å²) in [4.78, 5) is 54.2. The van der Waals surface area contributed by atoms with Crippen molar-refractivity contribution < 1.29 is 24.3 Å². The standard InChI is InChI=1S/C23H47N9O5/c1-14(2)18(32-19(33)15(26)8-3-5-11-24)21(35)30-16(10-7-13-29-23(27)28)20(34)31-17(22(36)37)9-4-6-12-25/h14-18H,3-13,24-26H2,1-2H3,(H,30,35)(H,31,34)(H,32,33)(H,36,37)(H4,27,28,29). The van der Waals surface area contributed by atoms with Crippen LogP contribution in [-0.4, -0.2) is 78.6 Å². The molecule has 0 rings (SSSR count). The molecule has 0 bridgehead atoms. The van der Waals surface area contributed by atoms with Gasteiger partial charge >= 0.3 is 5.97 Å². The van der Waals surface area contributed by atoms with E-state index in [-0.39, 0.29) is 31.3 Å². The number of aliphatic imine (C=N–C) groups is 1. The Balaban J connectivity index is 5.47. The topological polar surface area (TPSA) is 267 Å². The van der Waals surface area contributed by atoms with Gasteiger partial charge in [-0.25, -0.2) is 4.79 Å². The maximum absolute atomic E-state index is 13.1. The van der Waals surface area contributed by atoms with Gasteiger partial charge in [0.15, 0.2) is 5.96 Å². The van der Waals surface area contributed by atoms with Gasteiger partial charge in [-0.05, 0) is 64.0 Å². The molecule has 4 unspecified atom stereocenters. The van der Waals surface area contributed by atoms with E-state index in [0.29, 0.717) is 45.2 Å². The second kappa shape index (κ2) is 19.2. The number of aliphatic carboxylic acids is 1. The van der Waals surface area contributed by atoms with Crippen molar-refractivity contribution in [1.82, 2.24) is 16.0 Å². The molecule has 14 nitrogen and oxygen atoms in total. The van der Waals surface area contributed by atoms with Gasteiger partial charge in [-0.3, -0.25) is 19.4 Å². The minimum absolute atomic E-state index is 0.110. The first-order valence-corrected chi connectivity index (χ1v) is 12.8. The van der Waals surface area contributed by atoms with E-state index in [0.717, 1.165) is 6.42 Å². The fraction of sp³-hybridized carbons (Fsp3) is 0.783. The molecule has 4 atom stereocenters. The summed E-state index contributed by atoms with van der Waals surface area (Å²) in [5.41, 5.74) is 27.6. The number of hydrogen-bond donors (Lipinski definition) is 9. The molecule has 0 saturated heterocycles. The minimum atomic E-state index is -1.19. The van der Waals surface area contributed by atoms with E-state index in [2.05, 4.69) is 20.9 Å². The van der Waals surface area contributed by atoms with Crippen LogP contribution in [0.4, 0.5) is 0 Å². The van der Waals surface area contributed by atoms with Crippen LogP contribution in [0.15, 0.2) is 4.99 Å². The van der Waals surface area contributed by atoms with E-state index in [1.54, 1.807) is 13.8 Å². The molecule has 0 aromatic heterocycles. The monoisotopic (exact) mass is 529 g/mol. The zero-order valence-corrected chi connectivity index (χ0v) is 22.1. The molecule has 0 aromatic rings. The number of carbonyl (C=O) groups is 4. The lowest BCUT2D eigenvalue weighted by molar-refractivity contribution is -0.142. The van der Waals surface area contributed by atoms with Gasteiger partial charge in [0.05, 0.1) is 6.04 Å². The molecule has 0 saturated carbocycles. The average Bonchev–Trinajstić information content (AvgIpc) is 2.82. The zero-order chi connectivity index (χ0) is 28.4. The summed E-state index contributed by atoms with van der Waals surface area (Å²) in [6.45, 7) is 4.60. The van der Waals surface area contributed by atoms with Crippen molar-refractivity contribution in [2.75, 3.05) is 19.6 Å². The lowest BCUT2D eigenvalue weighted by atomic mass is 10.0. The van der Waals surface area contributed by atoms with Gasteiger partial charge in [0.25, 0.3) is 0 Å². The van der Waals surface area contributed by atoms with Crippen molar-refractivity contribution in [3.63, 3.8) is 0 Å². The fourth-order valence-electron chi connectivity index (χ4n) is 3.49. The van der Waals surface area contributed by atoms with E-state index >= 15 is 0 Å². The van der Waals surface area contributed by atoms with E-state index in [1.807, 2.05) is 0 Å². The van der Waals surface area contributed by atoms with Crippen molar-refractivity contribution in [1.29, 1.82) is 0 Å². The van der Waals surface area contributed by atoms with Crippen LogP contribution in [0.3, 0.4) is 0 Å². The van der Waals surface area contributed by atoms with Gasteiger partial charge in [-0.2, -0.15) is 0 Å². The Morgan fingerprint density at radius 2 is 1.30 bits per heavy atom. The van der Waals surface area contributed by atoms with E-state index in [1.165, 1.54) is 0 Å². The minimum Gasteiger partial charge on any atom is -0.480 e. The first-order valence-electron chi connectivity index (χ1n) is 12.8. The quantitative estimate of drug-likeness (QED) is 0.0467. The molecule has 0 heterocycles. The van der Waals surface area contributed by atoms with Gasteiger partial charge in [-0.1, -0.05) is 20.3 Å². The lowest BCUT2D eigenvalue weighted by Crippen LogP contribution is -2.58. The fourth-order valence-corrected chi connectivity index (χ4v) is 3.49. The van der Waals surface area contributed by atoms with Crippen molar-refractivity contribution in [2.24, 2.45) is 39.6 Å². The van der Waals surface area contributed by atoms with Crippen LogP contribution in [0, 0.1) is 5.92 Å². The van der Waals surface area contributed by atoms with Gasteiger partial charge < -0.3 is 49.7 Å². The van der Waals surface area contributed by atoms with E-state index in [9.17, 15) is 24.3 Å². The highest BCUT2D eigenvalue weighted by Gasteiger charge is 2.31. The van der Waals surface area contributed by atoms with Gasteiger partial charge in [0.1, 0.15) is 18.1 Å². The Morgan fingerprint density at radius 3 is 1.81 bits per heavy atom. The summed E-state index contributed by atoms with van der Waals surface area (Å²) in [5, 5.41) is 17.3. The molecule has 0 aliphatic rings. The number of nitrogens with one attached hydrogen (secondary N) is 3. The number of carbonyl (C=O) groups excluding carboxylic acids is 3. The number of carboxylic acids is 1. The zero-order valence-electron chi connectivity index (χ0n) is 22.1. The van der Waals surface area contributed by atoms with Crippen LogP contribution in [0.5, 0.6) is 0 Å². The molecule has 0 aliphatic heterocycles. The highest BCUT2D eigenvalue weighted by Crippen LogP contribution is 2.08. The summed E-state index contributed by atoms with van der Waals surface area (Å²) in [7, 11) is 0. The largest absolute Gasteiger partial charge is 0.480 e. The Morgan fingerprint density at radius 1 is 0.757 bits per heavy atom. The molecule has 0 aromatic carbocycles. The molecule has 14 N–H and O–H groups in total. The third-order valence-corrected chi connectivity index (χ3v) is 5.69. The Kier molecular flexibility index (Phi) is 17.6. The maximum Gasteiger partial charge on any atom is 0.326 e. The summed E-state index contributed by atoms with van der Waals surface area (Å²) in [6, 6.07) is -3.97. The molecular weight excluding hydrogens is 482 g/mol. The summed E-state index contributed by atoms with van der Waals surface area (Å²) in [6.07, 6.45) is 3.64. The summed E-state index contributed by atoms with van der Waals surface area (Å²) >= 11 is 0. The van der Waals surface area contributed by atoms with E-state index in [4.69, 9.17) is 28.7 Å². The third kappa shape index (κ3) is 15.0. The normalized spacial score (nSPS) is 14.2. The number of nitrogens with zero attached hydrogens (tertiary/aromatic N) is 1. The second-order valence-electron chi connectivity index (χ2n) is 9.32. The van der Waals surface area contributed by atoms with E-state index < -0.39 is 47.9 Å². The van der Waals surface area contributed by atoms with Crippen LogP contribution in [0.2, 0.25) is 0 Å². The van der Waals surface area contributed by atoms with Crippen LogP contribution < -0.4 is 44.6 Å². The van der Waals surface area contributed by atoms with Gasteiger partial charge in [-0.15, -0.1) is 0 Å². The smallest absolute Gasteiger partial charge is 0.326 e. The molecule has 214 valence electrons. The molecule has 0 aliphatic carbocycles. The molecule has 0 radical (unpaired) electrons. The molecule has 37 heavy (non-hydrogen) atoms. The number of amides is 3. The van der Waals surface area contributed by atoms with Crippen molar-refractivity contribution in [2.45, 2.75) is 89.4 Å². The van der Waals surface area contributed by atoms with Crippen molar-refractivity contribution in [3.05, 3.63) is 0 Å². The Bertz CT molecular complexity index is 744. The summed E-state index contributed by atoms with van der Waals surface area (Å²) in [5.74, 6) is -3.34. The summed E-state index contributed by atoms with van der Waals surface area (Å²) < 4.78 is 0. The Labute approximate surface area is 218 Å². The molecular formula is C23H47N9O5. The number of unbranched alkanes of at least 4 members (excludes halogenated alkanes) is 2. The van der Waals surface area contributed by atoms with Crippen molar-refractivity contribution in [3.8, 4) is 0 Å². The van der Waals surface area contributed by atoms with Crippen LogP contribution in [0.1, 0.15) is 65.2 Å². The molecule has 14 heteroatoms. The number of guanidine groups is 1. The number of hydrogen-bond acceptors (Lipinski definition) is 8. The third-order valence-electron chi connectivity index (χ3n) is 5.69. The average molecular weight is 530 g/mol. The number of rotatable bonds is 20. The van der Waals surface area contributed by atoms with Gasteiger partial charge in [0, 0.05) is 6.54 Å². The van der Waals surface area contributed by atoms with Crippen LogP contribution >= 0.6 is 0 Å². The van der Waals surface area contributed by atoms with Crippen LogP contribution in [-0.2, 0) is 19.2 Å². The highest BCUT2D eigenvalue weighted by atomic mass is 16.4. The molecule has 3 amide bonds. The van der Waals surface area contributed by atoms with Gasteiger partial charge in [0.2, 0.25) is 17.7 Å². The maximum atomic E-state index is 13.1. The number of nitrogens with two attached hydrogens (primary N) is 5. The van der Waals surface area contributed by atoms with Crippen LogP contribution in [0.25, 0.3) is 0 Å². The first kappa shape index (κ1) is 34.0. The predicted molar refractivity (Wildman–Crippen MR) is 142 cm³/mol.